The van der Waals surface area contributed by atoms with Gasteiger partial charge in [0.15, 0.2) is 5.75 Å². The van der Waals surface area contributed by atoms with Crippen molar-refractivity contribution in [3.63, 3.8) is 0 Å². The smallest absolute Gasteiger partial charge is 0.277 e. The molecule has 6 nitrogen and oxygen atoms in total. The summed E-state index contributed by atoms with van der Waals surface area (Å²) in [5.41, 5.74) is 0.183. The van der Waals surface area contributed by atoms with Crippen molar-refractivity contribution in [3.05, 3.63) is 62.9 Å². The number of aliphatic hydroxyl groups excluding tert-OH is 1. The van der Waals surface area contributed by atoms with Gasteiger partial charge < -0.3 is 9.84 Å². The maximum Gasteiger partial charge on any atom is 0.277 e. The summed E-state index contributed by atoms with van der Waals surface area (Å²) >= 11 is 12.0. The van der Waals surface area contributed by atoms with Crippen LogP contribution in [0.15, 0.2) is 47.3 Å². The van der Waals surface area contributed by atoms with Crippen molar-refractivity contribution in [3.8, 4) is 5.75 Å². The molecule has 1 heterocycles. The Morgan fingerprint density at radius 1 is 1.12 bits per heavy atom. The van der Waals surface area contributed by atoms with Gasteiger partial charge in [-0.2, -0.15) is 0 Å². The lowest BCUT2D eigenvalue weighted by molar-refractivity contribution is 0.0874. The molecule has 8 heteroatoms. The Kier molecular flexibility index (Phi) is 4.99. The molecule has 0 aliphatic rings. The summed E-state index contributed by atoms with van der Waals surface area (Å²) in [4.78, 5) is 12.3. The molecule has 124 valence electrons. The highest BCUT2D eigenvalue weighted by Gasteiger charge is 2.13. The monoisotopic (exact) mass is 365 g/mol. The summed E-state index contributed by atoms with van der Waals surface area (Å²) in [5, 5.41) is 19.0. The molecule has 3 aromatic rings. The van der Waals surface area contributed by atoms with E-state index in [1.165, 1.54) is 0 Å². The number of hydrogen-bond donors (Lipinski definition) is 1. The lowest BCUT2D eigenvalue weighted by Crippen LogP contribution is -2.32. The zero-order valence-corrected chi connectivity index (χ0v) is 13.9. The highest BCUT2D eigenvalue weighted by Crippen LogP contribution is 2.32. The molecule has 0 saturated heterocycles. The molecule has 1 N–H and O–H groups in total. The first-order chi connectivity index (χ1) is 11.6. The predicted molar refractivity (Wildman–Crippen MR) is 91.8 cm³/mol. The number of hydrogen-bond acceptors (Lipinski definition) is 5. The minimum Gasteiger partial charge on any atom is -0.488 e. The summed E-state index contributed by atoms with van der Waals surface area (Å²) in [6.07, 6.45) is -0.981. The highest BCUT2D eigenvalue weighted by molar-refractivity contribution is 6.37. The van der Waals surface area contributed by atoms with E-state index >= 15 is 0 Å². The second kappa shape index (κ2) is 7.17. The van der Waals surface area contributed by atoms with E-state index in [4.69, 9.17) is 27.9 Å². The minimum absolute atomic E-state index is 0.0568. The van der Waals surface area contributed by atoms with Crippen molar-refractivity contribution in [2.75, 3.05) is 6.61 Å². The SMILES string of the molecule is O=c1c2ccccc2nnn1CC(O)COc1c(Cl)cccc1Cl. The number of para-hydroxylation sites is 1. The fourth-order valence-electron chi connectivity index (χ4n) is 2.20. The van der Waals surface area contributed by atoms with Gasteiger partial charge >= 0.3 is 0 Å². The summed E-state index contributed by atoms with van der Waals surface area (Å²) < 4.78 is 6.55. The zero-order valence-electron chi connectivity index (χ0n) is 12.4. The summed E-state index contributed by atoms with van der Waals surface area (Å²) in [6, 6.07) is 11.8. The molecule has 0 fully saturated rings. The van der Waals surface area contributed by atoms with Crippen LogP contribution >= 0.6 is 23.2 Å². The first-order valence-electron chi connectivity index (χ1n) is 7.13. The molecule has 0 aliphatic carbocycles. The van der Waals surface area contributed by atoms with E-state index < -0.39 is 6.10 Å². The van der Waals surface area contributed by atoms with Gasteiger partial charge in [-0.15, -0.1) is 5.10 Å². The standard InChI is InChI=1S/C16H13Cl2N3O3/c17-12-5-3-6-13(18)15(12)24-9-10(22)8-21-16(23)11-4-1-2-7-14(11)19-20-21/h1-7,10,22H,8-9H2. The van der Waals surface area contributed by atoms with Crippen molar-refractivity contribution in [1.82, 2.24) is 15.0 Å². The van der Waals surface area contributed by atoms with Gasteiger partial charge in [-0.25, -0.2) is 4.68 Å². The molecule has 24 heavy (non-hydrogen) atoms. The van der Waals surface area contributed by atoms with Gasteiger partial charge in [0.1, 0.15) is 18.2 Å². The number of nitrogens with zero attached hydrogens (tertiary/aromatic N) is 3. The number of benzene rings is 2. The van der Waals surface area contributed by atoms with Crippen molar-refractivity contribution in [2.24, 2.45) is 0 Å². The largest absolute Gasteiger partial charge is 0.488 e. The van der Waals surface area contributed by atoms with Crippen LogP contribution in [0.25, 0.3) is 10.9 Å². The number of halogens is 2. The summed E-state index contributed by atoms with van der Waals surface area (Å²) in [7, 11) is 0. The fourth-order valence-corrected chi connectivity index (χ4v) is 2.70. The maximum atomic E-state index is 12.3. The Labute approximate surface area is 147 Å². The summed E-state index contributed by atoms with van der Waals surface area (Å²) in [6.45, 7) is -0.150. The molecule has 1 aromatic heterocycles. The average molecular weight is 366 g/mol. The van der Waals surface area contributed by atoms with Crippen LogP contribution in [-0.2, 0) is 6.54 Å². The number of fused-ring (bicyclic) bond motifs is 1. The molecule has 0 saturated carbocycles. The van der Waals surface area contributed by atoms with Crippen LogP contribution in [0, 0.1) is 0 Å². The van der Waals surface area contributed by atoms with E-state index in [2.05, 4.69) is 10.3 Å². The lowest BCUT2D eigenvalue weighted by atomic mass is 10.2. The average Bonchev–Trinajstić information content (AvgIpc) is 2.57. The molecule has 0 aliphatic heterocycles. The second-order valence-corrected chi connectivity index (χ2v) is 5.92. The molecule has 3 rings (SSSR count). The maximum absolute atomic E-state index is 12.3. The van der Waals surface area contributed by atoms with E-state index in [-0.39, 0.29) is 24.5 Å². The highest BCUT2D eigenvalue weighted by atomic mass is 35.5. The van der Waals surface area contributed by atoms with Gasteiger partial charge in [0.25, 0.3) is 5.56 Å². The Bertz CT molecular complexity index is 910. The first kappa shape index (κ1) is 16.7. The van der Waals surface area contributed by atoms with Gasteiger partial charge in [-0.3, -0.25) is 4.79 Å². The van der Waals surface area contributed by atoms with Gasteiger partial charge in [-0.1, -0.05) is 46.6 Å². The zero-order chi connectivity index (χ0) is 17.1. The molecule has 1 unspecified atom stereocenters. The third-order valence-corrected chi connectivity index (χ3v) is 3.95. The molecule has 0 amide bonds. The second-order valence-electron chi connectivity index (χ2n) is 5.11. The predicted octanol–water partition coefficient (Wildman–Crippen LogP) is 2.54. The fraction of sp³-hybridized carbons (Fsp3) is 0.188. The van der Waals surface area contributed by atoms with Gasteiger partial charge in [0, 0.05) is 0 Å². The van der Waals surface area contributed by atoms with Gasteiger partial charge in [-0.05, 0) is 24.3 Å². The van der Waals surface area contributed by atoms with Gasteiger partial charge in [0.05, 0.1) is 22.0 Å². The van der Waals surface area contributed by atoms with Gasteiger partial charge in [0.2, 0.25) is 0 Å². The quantitative estimate of drug-likeness (QED) is 0.751. The van der Waals surface area contributed by atoms with Crippen LogP contribution in [0.3, 0.4) is 0 Å². The molecule has 0 spiro atoms. The van der Waals surface area contributed by atoms with E-state index in [0.717, 1.165) is 4.68 Å². The molecule has 2 aromatic carbocycles. The molecule has 0 bridgehead atoms. The molecular formula is C16H13Cl2N3O3. The Morgan fingerprint density at radius 2 is 1.83 bits per heavy atom. The van der Waals surface area contributed by atoms with Crippen LogP contribution < -0.4 is 10.3 Å². The van der Waals surface area contributed by atoms with E-state index in [1.807, 2.05) is 0 Å². The Balaban J connectivity index is 1.72. The van der Waals surface area contributed by atoms with E-state index in [9.17, 15) is 9.90 Å². The van der Waals surface area contributed by atoms with Crippen molar-refractivity contribution in [2.45, 2.75) is 12.6 Å². The van der Waals surface area contributed by atoms with Crippen LogP contribution in [0.1, 0.15) is 0 Å². The van der Waals surface area contributed by atoms with Crippen LogP contribution in [-0.4, -0.2) is 32.8 Å². The minimum atomic E-state index is -0.981. The molecule has 1 atom stereocenters. The van der Waals surface area contributed by atoms with Crippen molar-refractivity contribution >= 4 is 34.1 Å². The Morgan fingerprint density at radius 3 is 2.58 bits per heavy atom. The normalized spacial score (nSPS) is 12.3. The summed E-state index contributed by atoms with van der Waals surface area (Å²) in [5.74, 6) is 0.289. The number of rotatable bonds is 5. The van der Waals surface area contributed by atoms with Crippen molar-refractivity contribution in [1.29, 1.82) is 0 Å². The van der Waals surface area contributed by atoms with Crippen LogP contribution in [0.2, 0.25) is 10.0 Å². The topological polar surface area (TPSA) is 77.2 Å². The van der Waals surface area contributed by atoms with Crippen LogP contribution in [0.4, 0.5) is 0 Å². The van der Waals surface area contributed by atoms with Crippen LogP contribution in [0.5, 0.6) is 5.75 Å². The third kappa shape index (κ3) is 3.51. The third-order valence-electron chi connectivity index (χ3n) is 3.35. The van der Waals surface area contributed by atoms with E-state index in [1.54, 1.807) is 42.5 Å². The lowest BCUT2D eigenvalue weighted by Gasteiger charge is -2.14. The Hall–Kier alpha value is -2.15. The first-order valence-corrected chi connectivity index (χ1v) is 7.89. The molecule has 0 radical (unpaired) electrons. The van der Waals surface area contributed by atoms with Crippen molar-refractivity contribution < 1.29 is 9.84 Å². The van der Waals surface area contributed by atoms with E-state index in [0.29, 0.717) is 20.9 Å². The number of aliphatic hydroxyl groups is 1. The molecular weight excluding hydrogens is 353 g/mol. The number of aromatic nitrogens is 3. The number of ether oxygens (including phenoxy) is 1.